The van der Waals surface area contributed by atoms with Crippen molar-refractivity contribution in [2.75, 3.05) is 31.1 Å². The molecule has 1 aromatic heterocycles. The summed E-state index contributed by atoms with van der Waals surface area (Å²) in [5.41, 5.74) is 3.27. The molecule has 2 aromatic rings. The quantitative estimate of drug-likeness (QED) is 0.917. The highest BCUT2D eigenvalue weighted by atomic mass is 79.9. The molecule has 1 aromatic carbocycles. The van der Waals surface area contributed by atoms with Crippen molar-refractivity contribution in [1.82, 2.24) is 15.3 Å². The summed E-state index contributed by atoms with van der Waals surface area (Å²) in [6.45, 7) is 5.98. The number of nitrogens with zero attached hydrogens (tertiary/aromatic N) is 3. The van der Waals surface area contributed by atoms with E-state index >= 15 is 0 Å². The lowest BCUT2D eigenvalue weighted by Gasteiger charge is -2.27. The van der Waals surface area contributed by atoms with Gasteiger partial charge in [0, 0.05) is 42.4 Å². The van der Waals surface area contributed by atoms with E-state index in [1.54, 1.807) is 0 Å². The van der Waals surface area contributed by atoms with Crippen LogP contribution in [0.15, 0.2) is 34.9 Å². The molecule has 0 bridgehead atoms. The van der Waals surface area contributed by atoms with Crippen LogP contribution in [0.5, 0.6) is 0 Å². The van der Waals surface area contributed by atoms with Crippen molar-refractivity contribution in [1.29, 1.82) is 0 Å². The Labute approximate surface area is 127 Å². The van der Waals surface area contributed by atoms with Crippen LogP contribution in [-0.2, 0) is 0 Å². The fourth-order valence-electron chi connectivity index (χ4n) is 2.38. The first-order valence-electron chi connectivity index (χ1n) is 6.79. The molecule has 0 saturated carbocycles. The van der Waals surface area contributed by atoms with Gasteiger partial charge in [-0.15, -0.1) is 0 Å². The first-order valence-corrected chi connectivity index (χ1v) is 7.58. The first-order chi connectivity index (χ1) is 9.74. The lowest BCUT2D eigenvalue weighted by molar-refractivity contribution is 0.579. The average molecular weight is 333 g/mol. The Morgan fingerprint density at radius 1 is 1.15 bits per heavy atom. The monoisotopic (exact) mass is 332 g/mol. The molecule has 1 aliphatic rings. The van der Waals surface area contributed by atoms with Gasteiger partial charge in [-0.3, -0.25) is 0 Å². The number of aromatic nitrogens is 2. The Morgan fingerprint density at radius 2 is 1.85 bits per heavy atom. The maximum Gasteiger partial charge on any atom is 0.225 e. The first kappa shape index (κ1) is 13.5. The van der Waals surface area contributed by atoms with E-state index in [9.17, 15) is 0 Å². The fraction of sp³-hybridized carbons (Fsp3) is 0.333. The molecule has 1 aliphatic heterocycles. The summed E-state index contributed by atoms with van der Waals surface area (Å²) in [5, 5.41) is 3.34. The lowest BCUT2D eigenvalue weighted by Crippen LogP contribution is -2.44. The molecule has 104 valence electrons. The minimum atomic E-state index is 0.838. The van der Waals surface area contributed by atoms with Gasteiger partial charge in [0.1, 0.15) is 0 Å². The SMILES string of the molecule is Cc1nc(N2CCNCC2)ncc1-c1ccc(Br)cc1. The summed E-state index contributed by atoms with van der Waals surface area (Å²) in [6.07, 6.45) is 1.93. The zero-order valence-corrected chi connectivity index (χ0v) is 13.0. The molecule has 1 N–H and O–H groups in total. The zero-order valence-electron chi connectivity index (χ0n) is 11.4. The van der Waals surface area contributed by atoms with Gasteiger partial charge in [-0.1, -0.05) is 28.1 Å². The third-order valence-electron chi connectivity index (χ3n) is 3.52. The van der Waals surface area contributed by atoms with E-state index in [0.29, 0.717) is 0 Å². The van der Waals surface area contributed by atoms with Crippen LogP contribution in [0.2, 0.25) is 0 Å². The summed E-state index contributed by atoms with van der Waals surface area (Å²) in [5.74, 6) is 0.838. The van der Waals surface area contributed by atoms with Crippen LogP contribution in [-0.4, -0.2) is 36.1 Å². The normalized spacial score (nSPS) is 15.4. The standard InChI is InChI=1S/C15H17BrN4/c1-11-14(12-2-4-13(16)5-3-12)10-18-15(19-11)20-8-6-17-7-9-20/h2-5,10,17H,6-9H2,1H3. The molecule has 0 aliphatic carbocycles. The zero-order chi connectivity index (χ0) is 13.9. The van der Waals surface area contributed by atoms with E-state index in [1.165, 1.54) is 0 Å². The topological polar surface area (TPSA) is 41.1 Å². The molecular weight excluding hydrogens is 316 g/mol. The Morgan fingerprint density at radius 3 is 2.50 bits per heavy atom. The van der Waals surface area contributed by atoms with E-state index in [-0.39, 0.29) is 0 Å². The molecule has 4 nitrogen and oxygen atoms in total. The number of hydrogen-bond acceptors (Lipinski definition) is 4. The van der Waals surface area contributed by atoms with Crippen LogP contribution < -0.4 is 10.2 Å². The van der Waals surface area contributed by atoms with Crippen molar-refractivity contribution >= 4 is 21.9 Å². The van der Waals surface area contributed by atoms with Crippen molar-refractivity contribution in [3.8, 4) is 11.1 Å². The second kappa shape index (κ2) is 5.89. The molecule has 0 spiro atoms. The Hall–Kier alpha value is -1.46. The fourth-order valence-corrected chi connectivity index (χ4v) is 2.65. The maximum absolute atomic E-state index is 4.67. The predicted molar refractivity (Wildman–Crippen MR) is 85.0 cm³/mol. The van der Waals surface area contributed by atoms with Gasteiger partial charge >= 0.3 is 0 Å². The van der Waals surface area contributed by atoms with Gasteiger partial charge in [0.15, 0.2) is 0 Å². The number of rotatable bonds is 2. The third kappa shape index (κ3) is 2.83. The maximum atomic E-state index is 4.67. The number of nitrogens with one attached hydrogen (secondary N) is 1. The Bertz CT molecular complexity index is 591. The van der Waals surface area contributed by atoms with Crippen LogP contribution in [0.25, 0.3) is 11.1 Å². The lowest BCUT2D eigenvalue weighted by atomic mass is 10.1. The highest BCUT2D eigenvalue weighted by Gasteiger charge is 2.14. The van der Waals surface area contributed by atoms with Gasteiger partial charge in [-0.25, -0.2) is 9.97 Å². The van der Waals surface area contributed by atoms with Crippen LogP contribution in [0.3, 0.4) is 0 Å². The number of halogens is 1. The van der Waals surface area contributed by atoms with Gasteiger partial charge in [0.05, 0.1) is 5.69 Å². The number of aryl methyl sites for hydroxylation is 1. The van der Waals surface area contributed by atoms with Gasteiger partial charge in [0.25, 0.3) is 0 Å². The van der Waals surface area contributed by atoms with Crippen LogP contribution >= 0.6 is 15.9 Å². The molecule has 3 rings (SSSR count). The second-order valence-electron chi connectivity index (χ2n) is 4.91. The minimum Gasteiger partial charge on any atom is -0.338 e. The molecule has 5 heteroatoms. The molecule has 0 amide bonds. The smallest absolute Gasteiger partial charge is 0.225 e. The summed E-state index contributed by atoms with van der Waals surface area (Å²) >= 11 is 3.46. The predicted octanol–water partition coefficient (Wildman–Crippen LogP) is 2.62. The number of hydrogen-bond donors (Lipinski definition) is 1. The molecule has 1 fully saturated rings. The molecule has 0 atom stereocenters. The van der Waals surface area contributed by atoms with Crippen LogP contribution in [0.1, 0.15) is 5.69 Å². The van der Waals surface area contributed by atoms with Gasteiger partial charge < -0.3 is 10.2 Å². The van der Waals surface area contributed by atoms with Crippen molar-refractivity contribution < 1.29 is 0 Å². The molecule has 1 saturated heterocycles. The Balaban J connectivity index is 1.88. The van der Waals surface area contributed by atoms with E-state index < -0.39 is 0 Å². The number of anilines is 1. The molecule has 20 heavy (non-hydrogen) atoms. The van der Waals surface area contributed by atoms with Crippen molar-refractivity contribution in [2.45, 2.75) is 6.92 Å². The van der Waals surface area contributed by atoms with E-state index in [1.807, 2.05) is 25.3 Å². The van der Waals surface area contributed by atoms with Crippen LogP contribution in [0, 0.1) is 6.92 Å². The molecule has 2 heterocycles. The second-order valence-corrected chi connectivity index (χ2v) is 5.83. The van der Waals surface area contributed by atoms with Gasteiger partial charge in [-0.2, -0.15) is 0 Å². The average Bonchev–Trinajstić information content (AvgIpc) is 2.49. The highest BCUT2D eigenvalue weighted by Crippen LogP contribution is 2.24. The van der Waals surface area contributed by atoms with E-state index in [4.69, 9.17) is 0 Å². The van der Waals surface area contributed by atoms with Gasteiger partial charge in [0.2, 0.25) is 5.95 Å². The van der Waals surface area contributed by atoms with Crippen LogP contribution in [0.4, 0.5) is 5.95 Å². The van der Waals surface area contributed by atoms with Crippen molar-refractivity contribution in [3.63, 3.8) is 0 Å². The summed E-state index contributed by atoms with van der Waals surface area (Å²) in [4.78, 5) is 11.4. The number of benzene rings is 1. The van der Waals surface area contributed by atoms with Gasteiger partial charge in [-0.05, 0) is 24.6 Å². The van der Waals surface area contributed by atoms with Crippen molar-refractivity contribution in [2.24, 2.45) is 0 Å². The minimum absolute atomic E-state index is 0.838. The van der Waals surface area contributed by atoms with E-state index in [0.717, 1.165) is 53.4 Å². The third-order valence-corrected chi connectivity index (χ3v) is 4.05. The molecule has 0 unspecified atom stereocenters. The largest absolute Gasteiger partial charge is 0.338 e. The van der Waals surface area contributed by atoms with Crippen molar-refractivity contribution in [3.05, 3.63) is 40.6 Å². The molecule has 0 radical (unpaired) electrons. The summed E-state index contributed by atoms with van der Waals surface area (Å²) in [7, 11) is 0. The summed E-state index contributed by atoms with van der Waals surface area (Å²) < 4.78 is 1.08. The molecular formula is C15H17BrN4. The summed E-state index contributed by atoms with van der Waals surface area (Å²) in [6, 6.07) is 8.25. The number of piperazine rings is 1. The Kier molecular flexibility index (Phi) is 3.98. The van der Waals surface area contributed by atoms with E-state index in [2.05, 4.69) is 48.2 Å². The highest BCUT2D eigenvalue weighted by molar-refractivity contribution is 9.10.